The molecule has 0 unspecified atom stereocenters. The van der Waals surface area contributed by atoms with E-state index in [0.717, 1.165) is 0 Å². The van der Waals surface area contributed by atoms with Crippen LogP contribution in [0.5, 0.6) is 0 Å². The number of rotatable bonds is 1. The predicted octanol–water partition coefficient (Wildman–Crippen LogP) is 0.498. The lowest BCUT2D eigenvalue weighted by Gasteiger charge is -1.70. The highest BCUT2D eigenvalue weighted by atomic mass is 32.8. The van der Waals surface area contributed by atoms with Gasteiger partial charge in [0.2, 0.25) is 0 Å². The molecule has 0 saturated carbocycles. The lowest BCUT2D eigenvalue weighted by Crippen LogP contribution is -1.78. The first kappa shape index (κ1) is 6.01. The summed E-state index contributed by atoms with van der Waals surface area (Å²) in [5, 5.41) is 5.99. The smallest absolute Gasteiger partial charge is 0.278 e. The van der Waals surface area contributed by atoms with Crippen LogP contribution in [-0.2, 0) is 9.74 Å². The number of hydrogen-bond donors (Lipinski definition) is 2. The molecule has 0 aromatic heterocycles. The Morgan fingerprint density at radius 3 is 1.83 bits per heavy atom. The summed E-state index contributed by atoms with van der Waals surface area (Å²) in [7, 11) is -4.77. The molecule has 6 heteroatoms. The van der Waals surface area contributed by atoms with Crippen LogP contribution in [0.3, 0.4) is 0 Å². The van der Waals surface area contributed by atoms with E-state index in [0.29, 0.717) is 0 Å². The van der Waals surface area contributed by atoms with Crippen LogP contribution in [0.4, 0.5) is 0 Å². The molecule has 0 rings (SSSR count). The summed E-state index contributed by atoms with van der Waals surface area (Å²) in [6.45, 7) is 0. The van der Waals surface area contributed by atoms with Gasteiger partial charge >= 0.3 is 9.74 Å². The lowest BCUT2D eigenvalue weighted by atomic mass is 14.0. The van der Waals surface area contributed by atoms with Gasteiger partial charge in [-0.1, -0.05) is 0 Å². The molecule has 0 aliphatic heterocycles. The second-order valence-electron chi connectivity index (χ2n) is 0.539. The minimum Gasteiger partial charge on any atom is -0.278 e. The zero-order chi connectivity index (χ0) is 5.21. The van der Waals surface area contributed by atoms with Gasteiger partial charge in [-0.25, -0.2) is 0 Å². The van der Waals surface area contributed by atoms with Gasteiger partial charge < -0.3 is 0 Å². The fourth-order valence-corrected chi connectivity index (χ4v) is 0. The summed E-state index contributed by atoms with van der Waals surface area (Å²) in [4.78, 5) is 0. The maximum Gasteiger partial charge on any atom is 0.326 e. The summed E-state index contributed by atoms with van der Waals surface area (Å²) in [5.41, 5.74) is 0. The average molecular weight is 127 g/mol. The van der Waals surface area contributed by atoms with Crippen LogP contribution in [0.2, 0.25) is 0 Å². The Kier molecular flexibility index (Phi) is 1.64. The van der Waals surface area contributed by atoms with Crippen molar-refractivity contribution in [2.24, 2.45) is 0 Å². The molecule has 0 bridgehead atoms. The van der Waals surface area contributed by atoms with Crippen LogP contribution in [0.15, 0.2) is 0 Å². The Hall–Kier alpha value is 0.01000. The average Bonchev–Trinajstić information content (AvgIpc) is 1.35. The van der Waals surface area contributed by atoms with Crippen molar-refractivity contribution in [2.45, 2.75) is 0 Å². The van der Waals surface area contributed by atoms with Gasteiger partial charge in [0, 0.05) is 0 Å². The Morgan fingerprint density at radius 2 is 1.83 bits per heavy atom. The molecule has 0 atom stereocenters. The molecular weight excluding hydrogens is 125 g/mol. The molecule has 0 aliphatic carbocycles. The molecule has 36 valence electrons. The molecule has 4 nitrogen and oxygen atoms in total. The third kappa shape index (κ3) is 4.01. The maximum absolute atomic E-state index is 9.36. The molecule has 0 heterocycles. The monoisotopic (exact) mass is 127 g/mol. The summed E-state index contributed by atoms with van der Waals surface area (Å²) in [6, 6.07) is 0. The van der Waals surface area contributed by atoms with Crippen molar-refractivity contribution < 1.29 is 13.0 Å². The third-order valence-electron chi connectivity index (χ3n) is 0.115. The van der Waals surface area contributed by atoms with Gasteiger partial charge in [-0.15, -0.1) is 0 Å². The van der Waals surface area contributed by atoms with E-state index < -0.39 is 17.3 Å². The van der Waals surface area contributed by atoms with Crippen molar-refractivity contribution in [2.75, 3.05) is 0 Å². The highest BCUT2D eigenvalue weighted by Gasteiger charge is 1.92. The molecule has 0 amide bonds. The summed E-state index contributed by atoms with van der Waals surface area (Å²) in [6.07, 6.45) is 0. The highest BCUT2D eigenvalue weighted by Crippen LogP contribution is 2.00. The van der Waals surface area contributed by atoms with Gasteiger partial charge in [0.1, 0.15) is 0 Å². The second kappa shape index (κ2) is 1.64. The maximum atomic E-state index is 9.36. The van der Waals surface area contributed by atoms with Gasteiger partial charge in [-0.05, 0) is 0 Å². The van der Waals surface area contributed by atoms with Crippen LogP contribution in [-0.4, -0.2) is 13.0 Å². The van der Waals surface area contributed by atoms with Gasteiger partial charge in [0.15, 0.2) is 7.57 Å². The van der Waals surface area contributed by atoms with Crippen molar-refractivity contribution in [3.05, 3.63) is 0 Å². The Balaban J connectivity index is 4.25. The molecule has 0 saturated heterocycles. The van der Waals surface area contributed by atoms with Crippen LogP contribution >= 0.6 is 7.57 Å². The minimum absolute atomic E-state index is 0.748. The van der Waals surface area contributed by atoms with E-state index in [1.807, 2.05) is 0 Å². The largest absolute Gasteiger partial charge is 0.326 e. The highest BCUT2D eigenvalue weighted by molar-refractivity contribution is 8.36. The van der Waals surface area contributed by atoms with Crippen LogP contribution < -0.4 is 0 Å². The summed E-state index contributed by atoms with van der Waals surface area (Å²) in [5.74, 6) is 0. The minimum atomic E-state index is -4.02. The van der Waals surface area contributed by atoms with Gasteiger partial charge in [0.25, 0.3) is 0 Å². The first-order valence-corrected chi connectivity index (χ1v) is 3.86. The summed E-state index contributed by atoms with van der Waals surface area (Å²) < 4.78 is 26.3. The van der Waals surface area contributed by atoms with E-state index in [9.17, 15) is 8.42 Å². The molecule has 6 heavy (non-hydrogen) atoms. The number of hydrogen-bond acceptors (Lipinski definition) is 3. The van der Waals surface area contributed by atoms with Crippen molar-refractivity contribution in [3.8, 4) is 0 Å². The van der Waals surface area contributed by atoms with Crippen molar-refractivity contribution >= 4 is 17.3 Å². The summed E-state index contributed by atoms with van der Waals surface area (Å²) >= 11 is 0. The van der Waals surface area contributed by atoms with E-state index in [-0.39, 0.29) is 0 Å². The van der Waals surface area contributed by atoms with Crippen molar-refractivity contribution in [1.29, 1.82) is 5.16 Å². The number of nitrogens with one attached hydrogen (secondary N) is 1. The molecule has 0 fully saturated rings. The SMILES string of the molecule is N=PS(=O)(=O)O. The second-order valence-corrected chi connectivity index (χ2v) is 3.55. The van der Waals surface area contributed by atoms with Crippen molar-refractivity contribution in [1.82, 2.24) is 0 Å². The first-order chi connectivity index (χ1) is 2.56. The van der Waals surface area contributed by atoms with Gasteiger partial charge in [-0.3, -0.25) is 9.71 Å². The molecule has 0 radical (unpaired) electrons. The molecule has 0 aliphatic rings. The van der Waals surface area contributed by atoms with Gasteiger partial charge in [-0.2, -0.15) is 8.42 Å². The Labute approximate surface area is 36.4 Å². The van der Waals surface area contributed by atoms with Crippen LogP contribution in [0, 0.1) is 5.16 Å². The predicted molar refractivity (Wildman–Crippen MR) is 21.2 cm³/mol. The van der Waals surface area contributed by atoms with Crippen LogP contribution in [0.1, 0.15) is 0 Å². The lowest BCUT2D eigenvalue weighted by molar-refractivity contribution is 0.502. The fraction of sp³-hybridized carbons (Fsp3) is 0. The Morgan fingerprint density at radius 1 is 1.67 bits per heavy atom. The van der Waals surface area contributed by atoms with Gasteiger partial charge in [0.05, 0.1) is 0 Å². The zero-order valence-electron chi connectivity index (χ0n) is 2.62. The Bertz CT molecular complexity index is 121. The zero-order valence-corrected chi connectivity index (χ0v) is 4.33. The molecule has 0 spiro atoms. The van der Waals surface area contributed by atoms with E-state index in [2.05, 4.69) is 0 Å². The van der Waals surface area contributed by atoms with E-state index in [1.165, 1.54) is 0 Å². The fourth-order valence-electron chi connectivity index (χ4n) is 0. The third-order valence-corrected chi connectivity index (χ3v) is 1.04. The molecule has 2 N–H and O–H groups in total. The van der Waals surface area contributed by atoms with E-state index >= 15 is 0 Å². The molecule has 0 aromatic rings. The van der Waals surface area contributed by atoms with Crippen LogP contribution in [0.25, 0.3) is 0 Å². The van der Waals surface area contributed by atoms with E-state index in [4.69, 9.17) is 9.71 Å². The normalized spacial score (nSPS) is 12.2. The van der Waals surface area contributed by atoms with Crippen molar-refractivity contribution in [3.63, 3.8) is 0 Å². The van der Waals surface area contributed by atoms with E-state index in [1.54, 1.807) is 0 Å². The topological polar surface area (TPSA) is 78.2 Å². The quantitative estimate of drug-likeness (QED) is 0.397. The molecular formula is H2NO3PS. The molecule has 0 aromatic carbocycles. The first-order valence-electron chi connectivity index (χ1n) is 0.922. The standard InChI is InChI=1S/H2NO3PS/c1-5-6(2,3)4/h1H,(H,2,3,4).